The smallest absolute Gasteiger partial charge is 0.342 e. The van der Waals surface area contributed by atoms with E-state index in [1.165, 1.54) is 12.3 Å². The van der Waals surface area contributed by atoms with Crippen LogP contribution in [0, 0.1) is 0 Å². The molecule has 0 aliphatic heterocycles. The van der Waals surface area contributed by atoms with Gasteiger partial charge in [0.25, 0.3) is 0 Å². The van der Waals surface area contributed by atoms with Crippen molar-refractivity contribution in [3.8, 4) is 28.3 Å². The Balaban J connectivity index is 0.000000208. The number of carbonyl (C=O) groups excluding carboxylic acids is 2. The van der Waals surface area contributed by atoms with E-state index in [0.717, 1.165) is 51.2 Å². The van der Waals surface area contributed by atoms with Gasteiger partial charge in [-0.15, -0.1) is 5.10 Å². The van der Waals surface area contributed by atoms with E-state index in [1.54, 1.807) is 55.0 Å². The number of imidazole rings is 1. The number of nitrogens with zero attached hydrogens (tertiary/aromatic N) is 14. The maximum Gasteiger partial charge on any atom is 0.342 e. The minimum atomic E-state index is -0.512. The molecule has 0 fully saturated rings. The largest absolute Gasteiger partial charge is 0.494 e. The normalized spacial score (nSPS) is 11.8. The number of rotatable bonds is 15. The maximum absolute atomic E-state index is 13.1. The molecule has 20 nitrogen and oxygen atoms in total. The number of aromatic nitrogens is 12. The summed E-state index contributed by atoms with van der Waals surface area (Å²) >= 11 is 0. The van der Waals surface area contributed by atoms with E-state index in [0.29, 0.717) is 40.7 Å². The lowest BCUT2D eigenvalue weighted by Gasteiger charge is -2.26. The summed E-state index contributed by atoms with van der Waals surface area (Å²) in [5.41, 5.74) is 9.08. The summed E-state index contributed by atoms with van der Waals surface area (Å²) in [6.07, 6.45) is 15.4. The summed E-state index contributed by atoms with van der Waals surface area (Å²) in [6, 6.07) is 15.5. The molecule has 69 heavy (non-hydrogen) atoms. The van der Waals surface area contributed by atoms with E-state index in [-0.39, 0.29) is 29.6 Å². The Hall–Kier alpha value is -8.52. The molecule has 7 aromatic heterocycles. The summed E-state index contributed by atoms with van der Waals surface area (Å²) in [5.74, 6) is -0.110. The molecule has 0 spiro atoms. The fourth-order valence-electron chi connectivity index (χ4n) is 7.64. The summed E-state index contributed by atoms with van der Waals surface area (Å²) in [5, 5.41) is 19.7. The van der Waals surface area contributed by atoms with Crippen molar-refractivity contribution in [1.29, 1.82) is 0 Å². The van der Waals surface area contributed by atoms with Gasteiger partial charge in [-0.1, -0.05) is 36.1 Å². The molecule has 7 heterocycles. The minimum absolute atomic E-state index is 0.0507. The molecule has 0 radical (unpaired) electrons. The van der Waals surface area contributed by atoms with Crippen molar-refractivity contribution in [1.82, 2.24) is 63.6 Å². The second kappa shape index (κ2) is 20.1. The van der Waals surface area contributed by atoms with Crippen molar-refractivity contribution >= 4 is 62.7 Å². The van der Waals surface area contributed by atoms with Crippen molar-refractivity contribution in [2.45, 2.75) is 32.9 Å². The molecule has 354 valence electrons. The molecule has 0 saturated carbocycles. The second-order valence-electron chi connectivity index (χ2n) is 16.9. The topological polar surface area (TPSA) is 205 Å². The van der Waals surface area contributed by atoms with E-state index in [1.807, 2.05) is 116 Å². The van der Waals surface area contributed by atoms with Gasteiger partial charge in [0.1, 0.15) is 17.0 Å². The van der Waals surface area contributed by atoms with E-state index >= 15 is 0 Å². The lowest BCUT2D eigenvalue weighted by molar-refractivity contribution is -0.111. The lowest BCUT2D eigenvalue weighted by atomic mass is 10.1. The Bertz CT molecular complexity index is 3310. The third-order valence-corrected chi connectivity index (χ3v) is 11.3. The maximum atomic E-state index is 13.1. The number of likely N-dealkylation sites (N-methyl/N-ethyl adjacent to an activating group) is 2. The summed E-state index contributed by atoms with van der Waals surface area (Å²) < 4.78 is 18.8. The summed E-state index contributed by atoms with van der Waals surface area (Å²) in [6.45, 7) is 10.8. The summed E-state index contributed by atoms with van der Waals surface area (Å²) in [4.78, 5) is 52.3. The number of amides is 1. The van der Waals surface area contributed by atoms with Gasteiger partial charge >= 0.3 is 5.97 Å². The molecule has 20 heteroatoms. The number of carbonyl (C=O) groups is 2. The standard InChI is InChI=1S/C32H39N7O4.C17H15N9/c1-9-29(40)34-24-16-25(28(42-8)17-27(24)38(6)15-14-37(4)5)35-32-33-18-22(31(41)43-20(2)3)30(36-32)23-19-39(7)26-13-11-10-12-21(23)26;1-11(12-3-4-15-18-5-6-25(15)10-12)26-17-16(22-23-26)19-8-14(21-17)13-7-20-24(2)9-13/h9-13,16-20H,1,14-15H2,2-8H3,(H,34,40)(H,33,35,36);3-11H,1-2H3. The minimum Gasteiger partial charge on any atom is -0.494 e. The van der Waals surface area contributed by atoms with E-state index < -0.39 is 5.97 Å². The highest BCUT2D eigenvalue weighted by molar-refractivity contribution is 6.04. The molecule has 9 rings (SSSR count). The van der Waals surface area contributed by atoms with Gasteiger partial charge in [-0.3, -0.25) is 9.48 Å². The Morgan fingerprint density at radius 2 is 1.72 bits per heavy atom. The quantitative estimate of drug-likeness (QED) is 0.0788. The first-order valence-corrected chi connectivity index (χ1v) is 22.1. The van der Waals surface area contributed by atoms with Gasteiger partial charge in [0.05, 0.1) is 60.1 Å². The van der Waals surface area contributed by atoms with Crippen molar-refractivity contribution < 1.29 is 19.1 Å². The molecular weight excluding hydrogens is 877 g/mol. The Kier molecular flexibility index (Phi) is 13.7. The van der Waals surface area contributed by atoms with E-state index in [4.69, 9.17) is 19.4 Å². The van der Waals surface area contributed by atoms with Crippen molar-refractivity contribution in [2.75, 3.05) is 56.9 Å². The monoisotopic (exact) mass is 930 g/mol. The number of hydrogen-bond acceptors (Lipinski definition) is 15. The highest BCUT2D eigenvalue weighted by Gasteiger charge is 2.24. The Labute approximate surface area is 398 Å². The molecule has 2 aromatic carbocycles. The summed E-state index contributed by atoms with van der Waals surface area (Å²) in [7, 11) is 11.3. The number of pyridine rings is 1. The van der Waals surface area contributed by atoms with Gasteiger partial charge in [-0.2, -0.15) is 5.10 Å². The van der Waals surface area contributed by atoms with Crippen molar-refractivity contribution in [3.63, 3.8) is 0 Å². The average molecular weight is 931 g/mol. The number of methoxy groups -OCH3 is 1. The van der Waals surface area contributed by atoms with Crippen LogP contribution in [-0.2, 0) is 23.6 Å². The van der Waals surface area contributed by atoms with Crippen LogP contribution in [0.3, 0.4) is 0 Å². The van der Waals surface area contributed by atoms with E-state index in [9.17, 15) is 9.59 Å². The Morgan fingerprint density at radius 3 is 2.46 bits per heavy atom. The fraction of sp³-hybridized carbons (Fsp3) is 0.265. The highest BCUT2D eigenvalue weighted by atomic mass is 16.5. The first kappa shape index (κ1) is 47.0. The van der Waals surface area contributed by atoms with Gasteiger partial charge in [0.15, 0.2) is 5.65 Å². The molecule has 0 bridgehead atoms. The molecule has 0 aliphatic rings. The molecule has 0 aliphatic carbocycles. The zero-order valence-corrected chi connectivity index (χ0v) is 40.0. The average Bonchev–Trinajstić information content (AvgIpc) is 4.16. The number of nitrogens with one attached hydrogen (secondary N) is 2. The van der Waals surface area contributed by atoms with Crippen LogP contribution in [-0.4, -0.2) is 123 Å². The zero-order valence-electron chi connectivity index (χ0n) is 40.0. The number of fused-ring (bicyclic) bond motifs is 3. The third-order valence-electron chi connectivity index (χ3n) is 11.3. The van der Waals surface area contributed by atoms with Gasteiger partial charge in [-0.05, 0) is 64.7 Å². The second-order valence-corrected chi connectivity index (χ2v) is 16.9. The molecule has 2 N–H and O–H groups in total. The predicted octanol–water partition coefficient (Wildman–Crippen LogP) is 6.95. The van der Waals surface area contributed by atoms with Crippen molar-refractivity contribution in [2.24, 2.45) is 14.1 Å². The van der Waals surface area contributed by atoms with Crippen LogP contribution in [0.25, 0.3) is 50.4 Å². The van der Waals surface area contributed by atoms with Crippen LogP contribution in [0.1, 0.15) is 42.7 Å². The lowest BCUT2D eigenvalue weighted by Crippen LogP contribution is -2.29. The van der Waals surface area contributed by atoms with Crippen LogP contribution < -0.4 is 20.3 Å². The number of para-hydroxylation sites is 1. The zero-order chi connectivity index (χ0) is 48.9. The number of hydrogen-bond donors (Lipinski definition) is 2. The number of esters is 1. The molecule has 1 unspecified atom stereocenters. The van der Waals surface area contributed by atoms with Crippen LogP contribution in [0.5, 0.6) is 5.75 Å². The molecule has 1 atom stereocenters. The van der Waals surface area contributed by atoms with Crippen LogP contribution >= 0.6 is 0 Å². The predicted molar refractivity (Wildman–Crippen MR) is 266 cm³/mol. The van der Waals surface area contributed by atoms with Crippen LogP contribution in [0.15, 0.2) is 111 Å². The highest BCUT2D eigenvalue weighted by Crippen LogP contribution is 2.39. The first-order valence-electron chi connectivity index (χ1n) is 22.1. The van der Waals surface area contributed by atoms with Gasteiger partial charge in [0, 0.05) is 99.5 Å². The van der Waals surface area contributed by atoms with Gasteiger partial charge in [-0.25, -0.2) is 34.4 Å². The van der Waals surface area contributed by atoms with Crippen LogP contribution in [0.4, 0.5) is 23.0 Å². The van der Waals surface area contributed by atoms with Crippen LogP contribution in [0.2, 0.25) is 0 Å². The number of ether oxygens (including phenoxy) is 2. The third kappa shape index (κ3) is 10.2. The molecule has 9 aromatic rings. The molecule has 0 saturated heterocycles. The molecular formula is C49H54N16O4. The van der Waals surface area contributed by atoms with E-state index in [2.05, 4.69) is 59.4 Å². The Morgan fingerprint density at radius 1 is 0.913 bits per heavy atom. The van der Waals surface area contributed by atoms with Gasteiger partial charge < -0.3 is 38.9 Å². The number of aryl methyl sites for hydroxylation is 2. The number of benzene rings is 2. The number of anilines is 4. The first-order chi connectivity index (χ1) is 33.2. The molecule has 1 amide bonds. The SMILES string of the molecule is C=CC(=O)Nc1cc(Nc2ncc(C(=O)OC(C)C)c(-c3cn(C)c4ccccc34)n2)c(OC)cc1N(C)CCN(C)C.CC(c1ccc2nccn2c1)n1nnc2ncc(-c3cnn(C)c3)nc21. The van der Waals surface area contributed by atoms with Gasteiger partial charge in [0.2, 0.25) is 17.5 Å². The van der Waals surface area contributed by atoms with Crippen molar-refractivity contribution in [3.05, 3.63) is 122 Å². The fourth-order valence-corrected chi connectivity index (χ4v) is 7.64.